The van der Waals surface area contributed by atoms with Gasteiger partial charge in [-0.1, -0.05) is 44.2 Å². The minimum absolute atomic E-state index is 0.183. The van der Waals surface area contributed by atoms with Crippen molar-refractivity contribution < 1.29 is 23.3 Å². The Hall–Kier alpha value is -3.05. The van der Waals surface area contributed by atoms with Crippen LogP contribution in [0.2, 0.25) is 0 Å². The topological polar surface area (TPSA) is 36.9 Å². The molecule has 0 aliphatic rings. The summed E-state index contributed by atoms with van der Waals surface area (Å²) in [6.07, 6.45) is 0. The monoisotopic (exact) mass is 424 g/mol. The van der Waals surface area contributed by atoms with Gasteiger partial charge in [-0.25, -0.2) is 4.39 Å². The van der Waals surface area contributed by atoms with Crippen molar-refractivity contribution in [3.05, 3.63) is 83.7 Å². The van der Waals surface area contributed by atoms with E-state index in [-0.39, 0.29) is 11.2 Å². The summed E-state index contributed by atoms with van der Waals surface area (Å²) in [7, 11) is 1.63. The molecule has 0 radical (unpaired) electrons. The van der Waals surface area contributed by atoms with E-state index in [0.717, 1.165) is 16.9 Å². The predicted molar refractivity (Wildman–Crippen MR) is 120 cm³/mol. The molecule has 0 saturated heterocycles. The molecule has 0 aliphatic carbocycles. The Morgan fingerprint density at radius 1 is 0.871 bits per heavy atom. The largest absolute Gasteiger partial charge is 0.493 e. The molecular formula is C26H29FO4. The summed E-state index contributed by atoms with van der Waals surface area (Å²) in [6, 6.07) is 19.9. The molecule has 0 N–H and O–H groups in total. The zero-order chi connectivity index (χ0) is 22.3. The Labute approximate surface area is 183 Å². The third-order valence-corrected chi connectivity index (χ3v) is 4.94. The van der Waals surface area contributed by atoms with Crippen molar-refractivity contribution in [3.63, 3.8) is 0 Å². The fourth-order valence-corrected chi connectivity index (χ4v) is 3.20. The molecule has 0 unspecified atom stereocenters. The smallest absolute Gasteiger partial charge is 0.165 e. The van der Waals surface area contributed by atoms with Gasteiger partial charge in [0.05, 0.1) is 26.9 Å². The van der Waals surface area contributed by atoms with E-state index < -0.39 is 5.82 Å². The first-order chi connectivity index (χ1) is 14.9. The van der Waals surface area contributed by atoms with Crippen LogP contribution in [0.15, 0.2) is 66.7 Å². The number of methoxy groups -OCH3 is 1. The van der Waals surface area contributed by atoms with E-state index in [4.69, 9.17) is 18.9 Å². The standard InChI is InChI=1S/C26H29FO4/c1-5-30-23-14-12-20(16-25(23)28-4)26(2,3)18-29-17-19-11-13-22(27)24(15-19)31-21-9-7-6-8-10-21/h6-16H,5,17-18H2,1-4H3. The molecular weight excluding hydrogens is 395 g/mol. The summed E-state index contributed by atoms with van der Waals surface area (Å²) < 4.78 is 36.9. The van der Waals surface area contributed by atoms with Gasteiger partial charge >= 0.3 is 0 Å². The number of halogens is 1. The van der Waals surface area contributed by atoms with Crippen molar-refractivity contribution in [3.8, 4) is 23.0 Å². The highest BCUT2D eigenvalue weighted by atomic mass is 19.1. The quantitative estimate of drug-likeness (QED) is 0.371. The molecule has 0 aliphatic heterocycles. The number of hydrogen-bond donors (Lipinski definition) is 0. The Bertz CT molecular complexity index is 986. The normalized spacial score (nSPS) is 11.3. The van der Waals surface area contributed by atoms with Gasteiger partial charge in [-0.3, -0.25) is 0 Å². The molecule has 0 bridgehead atoms. The fraction of sp³-hybridized carbons (Fsp3) is 0.308. The number of ether oxygens (including phenoxy) is 4. The van der Waals surface area contributed by atoms with E-state index in [1.165, 1.54) is 6.07 Å². The van der Waals surface area contributed by atoms with Crippen LogP contribution < -0.4 is 14.2 Å². The molecule has 31 heavy (non-hydrogen) atoms. The molecule has 0 atom stereocenters. The van der Waals surface area contributed by atoms with Crippen LogP contribution in [0, 0.1) is 5.82 Å². The Balaban J connectivity index is 1.64. The van der Waals surface area contributed by atoms with Crippen LogP contribution in [-0.2, 0) is 16.8 Å². The highest BCUT2D eigenvalue weighted by Gasteiger charge is 2.23. The van der Waals surface area contributed by atoms with Crippen molar-refractivity contribution in [1.82, 2.24) is 0 Å². The third-order valence-electron chi connectivity index (χ3n) is 4.94. The predicted octanol–water partition coefficient (Wildman–Crippen LogP) is 6.52. The van der Waals surface area contributed by atoms with Crippen molar-refractivity contribution in [2.75, 3.05) is 20.3 Å². The highest BCUT2D eigenvalue weighted by Crippen LogP contribution is 2.34. The van der Waals surface area contributed by atoms with Gasteiger partial charge in [0.1, 0.15) is 5.75 Å². The van der Waals surface area contributed by atoms with Gasteiger partial charge in [0.2, 0.25) is 0 Å². The van der Waals surface area contributed by atoms with Crippen LogP contribution in [0.25, 0.3) is 0 Å². The molecule has 5 heteroatoms. The first kappa shape index (κ1) is 22.6. The maximum atomic E-state index is 14.2. The SMILES string of the molecule is CCOc1ccc(C(C)(C)COCc2ccc(F)c(Oc3ccccc3)c2)cc1OC. The number of para-hydroxylation sites is 1. The van der Waals surface area contributed by atoms with E-state index in [1.807, 2.05) is 43.3 Å². The van der Waals surface area contributed by atoms with E-state index in [9.17, 15) is 4.39 Å². The molecule has 0 aromatic heterocycles. The summed E-state index contributed by atoms with van der Waals surface area (Å²) >= 11 is 0. The van der Waals surface area contributed by atoms with Crippen molar-refractivity contribution in [2.24, 2.45) is 0 Å². The number of benzene rings is 3. The van der Waals surface area contributed by atoms with Crippen molar-refractivity contribution in [1.29, 1.82) is 0 Å². The average molecular weight is 425 g/mol. The summed E-state index contributed by atoms with van der Waals surface area (Å²) in [5, 5.41) is 0. The average Bonchev–Trinajstić information content (AvgIpc) is 2.77. The summed E-state index contributed by atoms with van der Waals surface area (Å²) in [5.74, 6) is 1.79. The highest BCUT2D eigenvalue weighted by molar-refractivity contribution is 5.45. The maximum absolute atomic E-state index is 14.2. The first-order valence-corrected chi connectivity index (χ1v) is 10.3. The van der Waals surface area contributed by atoms with Crippen LogP contribution in [0.5, 0.6) is 23.0 Å². The molecule has 3 aromatic carbocycles. The molecule has 4 nitrogen and oxygen atoms in total. The van der Waals surface area contributed by atoms with Gasteiger partial charge in [0.25, 0.3) is 0 Å². The van der Waals surface area contributed by atoms with Crippen molar-refractivity contribution >= 4 is 0 Å². The Kier molecular flexibility index (Phi) is 7.53. The molecule has 164 valence electrons. The first-order valence-electron chi connectivity index (χ1n) is 10.3. The summed E-state index contributed by atoms with van der Waals surface area (Å²) in [4.78, 5) is 0. The van der Waals surface area contributed by atoms with Gasteiger partial charge in [-0.15, -0.1) is 0 Å². The van der Waals surface area contributed by atoms with Gasteiger partial charge in [0, 0.05) is 5.41 Å². The lowest BCUT2D eigenvalue weighted by atomic mass is 9.85. The van der Waals surface area contributed by atoms with Crippen LogP contribution in [0.1, 0.15) is 31.9 Å². The van der Waals surface area contributed by atoms with Crippen LogP contribution in [0.4, 0.5) is 4.39 Å². The van der Waals surface area contributed by atoms with E-state index in [1.54, 1.807) is 31.4 Å². The van der Waals surface area contributed by atoms with Crippen LogP contribution in [0.3, 0.4) is 0 Å². The molecule has 0 spiro atoms. The lowest BCUT2D eigenvalue weighted by Crippen LogP contribution is -2.24. The van der Waals surface area contributed by atoms with E-state index in [0.29, 0.717) is 31.3 Å². The molecule has 0 heterocycles. The zero-order valence-electron chi connectivity index (χ0n) is 18.5. The van der Waals surface area contributed by atoms with E-state index >= 15 is 0 Å². The zero-order valence-corrected chi connectivity index (χ0v) is 18.5. The second-order valence-corrected chi connectivity index (χ2v) is 7.86. The van der Waals surface area contributed by atoms with E-state index in [2.05, 4.69) is 13.8 Å². The molecule has 0 saturated carbocycles. The van der Waals surface area contributed by atoms with Gasteiger partial charge < -0.3 is 18.9 Å². The van der Waals surface area contributed by atoms with Gasteiger partial charge in [0.15, 0.2) is 23.1 Å². The fourth-order valence-electron chi connectivity index (χ4n) is 3.20. The molecule has 0 fully saturated rings. The molecule has 0 amide bonds. The summed E-state index contributed by atoms with van der Waals surface area (Å²) in [5.41, 5.74) is 1.67. The minimum Gasteiger partial charge on any atom is -0.493 e. The second kappa shape index (κ2) is 10.3. The van der Waals surface area contributed by atoms with Crippen LogP contribution >= 0.6 is 0 Å². The third kappa shape index (κ3) is 5.98. The number of rotatable bonds is 10. The minimum atomic E-state index is -0.408. The molecule has 3 rings (SSSR count). The van der Waals surface area contributed by atoms with Gasteiger partial charge in [-0.05, 0) is 54.4 Å². The Morgan fingerprint density at radius 2 is 1.65 bits per heavy atom. The lowest BCUT2D eigenvalue weighted by molar-refractivity contribution is 0.0822. The second-order valence-electron chi connectivity index (χ2n) is 7.86. The van der Waals surface area contributed by atoms with Gasteiger partial charge in [-0.2, -0.15) is 0 Å². The lowest BCUT2D eigenvalue weighted by Gasteiger charge is -2.26. The number of hydrogen-bond acceptors (Lipinski definition) is 4. The maximum Gasteiger partial charge on any atom is 0.165 e. The van der Waals surface area contributed by atoms with Crippen LogP contribution in [-0.4, -0.2) is 20.3 Å². The Morgan fingerprint density at radius 3 is 2.35 bits per heavy atom. The molecule has 3 aromatic rings. The van der Waals surface area contributed by atoms with Crippen molar-refractivity contribution in [2.45, 2.75) is 32.8 Å². The summed E-state index contributed by atoms with van der Waals surface area (Å²) in [6.45, 7) is 7.57.